The number of carbonyl (C=O) groups is 2. The van der Waals surface area contributed by atoms with E-state index in [4.69, 9.17) is 26.8 Å². The molecule has 0 aromatic heterocycles. The van der Waals surface area contributed by atoms with Gasteiger partial charge in [-0.1, -0.05) is 17.7 Å². The first-order valence-electron chi connectivity index (χ1n) is 10.6. The van der Waals surface area contributed by atoms with E-state index in [9.17, 15) is 14.0 Å². The number of hydrogen-bond acceptors (Lipinski definition) is 5. The van der Waals surface area contributed by atoms with Crippen LogP contribution in [0.5, 0.6) is 11.5 Å². The average molecular weight is 462 g/mol. The molecule has 0 unspecified atom stereocenters. The number of ether oxygens (including phenoxy) is 2. The van der Waals surface area contributed by atoms with E-state index >= 15 is 0 Å². The largest absolute Gasteiger partial charge is 0.493 e. The van der Waals surface area contributed by atoms with E-state index in [2.05, 4.69) is 10.6 Å². The maximum absolute atomic E-state index is 13.9. The fourth-order valence-corrected chi connectivity index (χ4v) is 3.69. The quantitative estimate of drug-likeness (QED) is 0.597. The Morgan fingerprint density at radius 1 is 1.12 bits per heavy atom. The SMILES string of the molecule is NC1(NC(=O)[C@@H]2Cc3ccc(c(Cl)c3)OCCCCOc3ccc(F)cc3C(=O)N2)CC1. The van der Waals surface area contributed by atoms with Crippen LogP contribution in [-0.2, 0) is 11.2 Å². The maximum Gasteiger partial charge on any atom is 0.255 e. The zero-order valence-corrected chi connectivity index (χ0v) is 18.2. The van der Waals surface area contributed by atoms with Crippen LogP contribution in [0.2, 0.25) is 5.02 Å². The molecule has 1 fully saturated rings. The molecule has 2 aliphatic heterocycles. The summed E-state index contributed by atoms with van der Waals surface area (Å²) in [5, 5.41) is 5.90. The van der Waals surface area contributed by atoms with E-state index < -0.39 is 29.3 Å². The Morgan fingerprint density at radius 3 is 2.50 bits per heavy atom. The molecular weight excluding hydrogens is 437 g/mol. The Kier molecular flexibility index (Phi) is 6.53. The van der Waals surface area contributed by atoms with Crippen LogP contribution in [0.1, 0.15) is 41.6 Å². The van der Waals surface area contributed by atoms with Crippen molar-refractivity contribution in [2.75, 3.05) is 13.2 Å². The number of rotatable bonds is 2. The second-order valence-electron chi connectivity index (χ2n) is 8.18. The molecule has 7 nitrogen and oxygen atoms in total. The predicted octanol–water partition coefficient (Wildman–Crippen LogP) is 2.94. The normalized spacial score (nSPS) is 20.3. The zero-order chi connectivity index (χ0) is 22.7. The zero-order valence-electron chi connectivity index (χ0n) is 17.5. The second kappa shape index (κ2) is 9.34. The second-order valence-corrected chi connectivity index (χ2v) is 8.59. The highest BCUT2D eigenvalue weighted by molar-refractivity contribution is 6.32. The number of carbonyl (C=O) groups excluding carboxylic acids is 2. The summed E-state index contributed by atoms with van der Waals surface area (Å²) in [5.74, 6) is -0.810. The number of halogens is 2. The number of amides is 2. The van der Waals surface area contributed by atoms with Gasteiger partial charge in [0.1, 0.15) is 23.4 Å². The van der Waals surface area contributed by atoms with Gasteiger partial charge in [-0.15, -0.1) is 0 Å². The average Bonchev–Trinajstić information content (AvgIpc) is 3.47. The van der Waals surface area contributed by atoms with Gasteiger partial charge in [0.05, 0.1) is 29.5 Å². The fraction of sp³-hybridized carbons (Fsp3) is 0.391. The first kappa shape index (κ1) is 22.4. The monoisotopic (exact) mass is 461 g/mol. The van der Waals surface area contributed by atoms with Crippen molar-refractivity contribution in [3.63, 3.8) is 0 Å². The Hall–Kier alpha value is -2.84. The summed E-state index contributed by atoms with van der Waals surface area (Å²) in [4.78, 5) is 26.0. The number of nitrogens with one attached hydrogen (secondary N) is 2. The minimum atomic E-state index is -0.949. The summed E-state index contributed by atoms with van der Waals surface area (Å²) >= 11 is 6.35. The molecule has 5 rings (SSSR count). The molecule has 0 spiro atoms. The van der Waals surface area contributed by atoms with Gasteiger partial charge in [0, 0.05) is 6.42 Å². The summed E-state index contributed by atoms with van der Waals surface area (Å²) in [5.41, 5.74) is 6.04. The maximum atomic E-state index is 13.9. The van der Waals surface area contributed by atoms with E-state index in [1.54, 1.807) is 18.2 Å². The van der Waals surface area contributed by atoms with Crippen molar-refractivity contribution in [3.05, 3.63) is 58.4 Å². The highest BCUT2D eigenvalue weighted by Crippen LogP contribution is 2.30. The first-order valence-corrected chi connectivity index (χ1v) is 11.0. The van der Waals surface area contributed by atoms with Gasteiger partial charge in [0.15, 0.2) is 0 Å². The summed E-state index contributed by atoms with van der Waals surface area (Å²) in [7, 11) is 0. The lowest BCUT2D eigenvalue weighted by Crippen LogP contribution is -2.54. The van der Waals surface area contributed by atoms with E-state index in [1.807, 2.05) is 0 Å². The lowest BCUT2D eigenvalue weighted by molar-refractivity contribution is -0.123. The highest BCUT2D eigenvalue weighted by Gasteiger charge is 2.41. The number of fused-ring (bicyclic) bond motifs is 10. The molecule has 170 valence electrons. The van der Waals surface area contributed by atoms with Crippen molar-refractivity contribution in [3.8, 4) is 11.5 Å². The van der Waals surface area contributed by atoms with Gasteiger partial charge in [0.25, 0.3) is 5.91 Å². The molecule has 1 saturated carbocycles. The van der Waals surface area contributed by atoms with E-state index in [-0.39, 0.29) is 17.7 Å². The van der Waals surface area contributed by atoms with Crippen LogP contribution >= 0.6 is 11.6 Å². The number of hydrogen-bond donors (Lipinski definition) is 3. The molecule has 2 heterocycles. The third kappa shape index (κ3) is 5.49. The molecule has 2 aromatic carbocycles. The van der Waals surface area contributed by atoms with Crippen LogP contribution < -0.4 is 25.8 Å². The van der Waals surface area contributed by atoms with Crippen molar-refractivity contribution in [2.45, 2.75) is 43.8 Å². The van der Waals surface area contributed by atoms with Gasteiger partial charge in [-0.05, 0) is 61.6 Å². The fourth-order valence-electron chi connectivity index (χ4n) is 3.44. The third-order valence-electron chi connectivity index (χ3n) is 5.46. The predicted molar refractivity (Wildman–Crippen MR) is 117 cm³/mol. The lowest BCUT2D eigenvalue weighted by atomic mass is 10.0. The van der Waals surface area contributed by atoms with Crippen LogP contribution in [0, 0.1) is 5.82 Å². The number of benzene rings is 2. The Labute approximate surface area is 190 Å². The van der Waals surface area contributed by atoms with Crippen LogP contribution in [0.3, 0.4) is 0 Å². The van der Waals surface area contributed by atoms with Crippen molar-refractivity contribution < 1.29 is 23.5 Å². The van der Waals surface area contributed by atoms with Crippen LogP contribution in [-0.4, -0.2) is 36.7 Å². The van der Waals surface area contributed by atoms with Crippen LogP contribution in [0.25, 0.3) is 0 Å². The smallest absolute Gasteiger partial charge is 0.255 e. The first-order chi connectivity index (χ1) is 15.3. The molecular formula is C23H25ClFN3O4. The van der Waals surface area contributed by atoms with Crippen molar-refractivity contribution in [1.82, 2.24) is 10.6 Å². The summed E-state index contributed by atoms with van der Waals surface area (Å²) in [6.45, 7) is 0.768. The van der Waals surface area contributed by atoms with Gasteiger partial charge < -0.3 is 25.8 Å². The van der Waals surface area contributed by atoms with Crippen molar-refractivity contribution in [1.29, 1.82) is 0 Å². The number of nitrogens with two attached hydrogens (primary N) is 1. The van der Waals surface area contributed by atoms with Crippen molar-refractivity contribution in [2.24, 2.45) is 5.73 Å². The molecule has 4 N–H and O–H groups in total. The molecule has 3 aliphatic rings. The molecule has 2 aromatic rings. The summed E-state index contributed by atoms with van der Waals surface area (Å²) in [6, 6.07) is 8.04. The van der Waals surface area contributed by atoms with E-state index in [0.29, 0.717) is 49.7 Å². The minimum Gasteiger partial charge on any atom is -0.493 e. The third-order valence-corrected chi connectivity index (χ3v) is 5.75. The summed E-state index contributed by atoms with van der Waals surface area (Å²) in [6.07, 6.45) is 2.87. The molecule has 9 heteroatoms. The highest BCUT2D eigenvalue weighted by atomic mass is 35.5. The molecule has 1 aliphatic carbocycles. The standard InChI is InChI=1S/C23H25ClFN3O4/c24-17-11-14-3-5-20(17)32-10-2-1-9-31-19-6-4-15(25)13-16(19)21(29)27-18(12-14)22(30)28-23(26)7-8-23/h3-6,11,13,18H,1-2,7-10,12,26H2,(H,27,29)(H,28,30)/t18-/m0/s1. The molecule has 2 amide bonds. The Morgan fingerprint density at radius 2 is 1.81 bits per heavy atom. The molecule has 2 bridgehead atoms. The Balaban J connectivity index is 1.65. The summed E-state index contributed by atoms with van der Waals surface area (Å²) < 4.78 is 25.4. The molecule has 0 saturated heterocycles. The van der Waals surface area contributed by atoms with Crippen LogP contribution in [0.4, 0.5) is 4.39 Å². The van der Waals surface area contributed by atoms with Gasteiger partial charge in [-0.3, -0.25) is 9.59 Å². The topological polar surface area (TPSA) is 103 Å². The molecule has 1 atom stereocenters. The lowest BCUT2D eigenvalue weighted by Gasteiger charge is -2.22. The minimum absolute atomic E-state index is 0.0217. The van der Waals surface area contributed by atoms with Gasteiger partial charge in [-0.25, -0.2) is 4.39 Å². The van der Waals surface area contributed by atoms with E-state index in [1.165, 1.54) is 12.1 Å². The van der Waals surface area contributed by atoms with Gasteiger partial charge in [0.2, 0.25) is 5.91 Å². The Bertz CT molecular complexity index is 1030. The van der Waals surface area contributed by atoms with Crippen LogP contribution in [0.15, 0.2) is 36.4 Å². The van der Waals surface area contributed by atoms with Gasteiger partial charge in [-0.2, -0.15) is 0 Å². The van der Waals surface area contributed by atoms with E-state index in [0.717, 1.165) is 11.6 Å². The molecule has 32 heavy (non-hydrogen) atoms. The van der Waals surface area contributed by atoms with Crippen molar-refractivity contribution >= 4 is 23.4 Å². The van der Waals surface area contributed by atoms with Gasteiger partial charge >= 0.3 is 0 Å². The molecule has 0 radical (unpaired) electrons.